The van der Waals surface area contributed by atoms with E-state index in [9.17, 15) is 4.79 Å². The van der Waals surface area contributed by atoms with Gasteiger partial charge in [0.05, 0.1) is 5.92 Å². The lowest BCUT2D eigenvalue weighted by Crippen LogP contribution is -2.37. The molecule has 0 heterocycles. The second kappa shape index (κ2) is 7.80. The predicted molar refractivity (Wildman–Crippen MR) is 60.0 cm³/mol. The minimum absolute atomic E-state index is 0.0295. The van der Waals surface area contributed by atoms with Crippen molar-refractivity contribution < 1.29 is 4.79 Å². The van der Waals surface area contributed by atoms with Crippen molar-refractivity contribution in [3.8, 4) is 0 Å². The molecular weight excluding hydrogens is 176 g/mol. The van der Waals surface area contributed by atoms with E-state index >= 15 is 0 Å². The lowest BCUT2D eigenvalue weighted by molar-refractivity contribution is -0.134. The summed E-state index contributed by atoms with van der Waals surface area (Å²) in [6.07, 6.45) is 4.13. The number of hydrogen-bond acceptors (Lipinski definition) is 2. The monoisotopic (exact) mass is 200 g/mol. The van der Waals surface area contributed by atoms with Crippen LogP contribution in [0.3, 0.4) is 0 Å². The van der Waals surface area contributed by atoms with Crippen LogP contribution in [-0.4, -0.2) is 30.9 Å². The highest BCUT2D eigenvalue weighted by Crippen LogP contribution is 2.08. The fourth-order valence-corrected chi connectivity index (χ4v) is 1.51. The normalized spacial score (nSPS) is 12.6. The topological polar surface area (TPSA) is 46.3 Å². The van der Waals surface area contributed by atoms with E-state index < -0.39 is 0 Å². The van der Waals surface area contributed by atoms with Gasteiger partial charge in [-0.05, 0) is 12.8 Å². The third-order valence-electron chi connectivity index (χ3n) is 2.49. The van der Waals surface area contributed by atoms with E-state index in [1.54, 1.807) is 0 Å². The number of carbonyl (C=O) groups excluding carboxylic acids is 1. The Morgan fingerprint density at radius 1 is 1.36 bits per heavy atom. The van der Waals surface area contributed by atoms with E-state index in [0.717, 1.165) is 32.2 Å². The average molecular weight is 200 g/mol. The molecule has 3 nitrogen and oxygen atoms in total. The van der Waals surface area contributed by atoms with E-state index in [0.29, 0.717) is 6.54 Å². The second-order valence-electron chi connectivity index (χ2n) is 3.83. The predicted octanol–water partition coefficient (Wildman–Crippen LogP) is 1.62. The van der Waals surface area contributed by atoms with Crippen molar-refractivity contribution >= 4 is 5.91 Å². The molecule has 0 saturated carbocycles. The lowest BCUT2D eigenvalue weighted by atomic mass is 10.0. The molecule has 0 aliphatic rings. The Labute approximate surface area is 87.6 Å². The van der Waals surface area contributed by atoms with Crippen LogP contribution in [0.1, 0.15) is 39.5 Å². The minimum atomic E-state index is 0.0295. The van der Waals surface area contributed by atoms with Crippen LogP contribution in [0.4, 0.5) is 0 Å². The molecule has 0 radical (unpaired) electrons. The minimum Gasteiger partial charge on any atom is -0.345 e. The Bertz CT molecular complexity index is 159. The Morgan fingerprint density at radius 3 is 2.43 bits per heavy atom. The Balaban J connectivity index is 3.99. The molecule has 14 heavy (non-hydrogen) atoms. The SMILES string of the molecule is CCCCN(C)C(=O)C(CN)CCC. The second-order valence-corrected chi connectivity index (χ2v) is 3.83. The smallest absolute Gasteiger partial charge is 0.226 e. The van der Waals surface area contributed by atoms with Gasteiger partial charge in [-0.2, -0.15) is 0 Å². The Hall–Kier alpha value is -0.570. The van der Waals surface area contributed by atoms with Crippen LogP contribution in [0, 0.1) is 5.92 Å². The first-order chi connectivity index (χ1) is 6.67. The standard InChI is InChI=1S/C11H24N2O/c1-4-6-8-13(3)11(14)10(9-12)7-5-2/h10H,4-9,12H2,1-3H3. The molecule has 0 bridgehead atoms. The summed E-state index contributed by atoms with van der Waals surface area (Å²) in [4.78, 5) is 13.6. The number of amides is 1. The summed E-state index contributed by atoms with van der Waals surface area (Å²) in [7, 11) is 1.87. The van der Waals surface area contributed by atoms with Crippen molar-refractivity contribution in [2.24, 2.45) is 11.7 Å². The van der Waals surface area contributed by atoms with Gasteiger partial charge in [-0.25, -0.2) is 0 Å². The highest BCUT2D eigenvalue weighted by molar-refractivity contribution is 5.78. The first kappa shape index (κ1) is 13.4. The van der Waals surface area contributed by atoms with Crippen LogP contribution in [0.2, 0.25) is 0 Å². The van der Waals surface area contributed by atoms with E-state index in [1.807, 2.05) is 11.9 Å². The van der Waals surface area contributed by atoms with E-state index in [4.69, 9.17) is 5.73 Å². The number of rotatable bonds is 7. The number of unbranched alkanes of at least 4 members (excludes halogenated alkanes) is 1. The van der Waals surface area contributed by atoms with Crippen LogP contribution in [-0.2, 0) is 4.79 Å². The molecule has 1 atom stereocenters. The Kier molecular flexibility index (Phi) is 7.48. The summed E-state index contributed by atoms with van der Waals surface area (Å²) in [5.74, 6) is 0.240. The van der Waals surface area contributed by atoms with Gasteiger partial charge >= 0.3 is 0 Å². The van der Waals surface area contributed by atoms with Crippen molar-refractivity contribution in [1.82, 2.24) is 4.90 Å². The summed E-state index contributed by atoms with van der Waals surface area (Å²) < 4.78 is 0. The van der Waals surface area contributed by atoms with E-state index in [1.165, 1.54) is 0 Å². The lowest BCUT2D eigenvalue weighted by Gasteiger charge is -2.22. The molecule has 0 aliphatic heterocycles. The maximum atomic E-state index is 11.8. The van der Waals surface area contributed by atoms with Crippen molar-refractivity contribution in [2.75, 3.05) is 20.1 Å². The van der Waals surface area contributed by atoms with Crippen LogP contribution < -0.4 is 5.73 Å². The van der Waals surface area contributed by atoms with Crippen molar-refractivity contribution in [3.05, 3.63) is 0 Å². The number of nitrogens with zero attached hydrogens (tertiary/aromatic N) is 1. The van der Waals surface area contributed by atoms with Crippen molar-refractivity contribution in [2.45, 2.75) is 39.5 Å². The maximum Gasteiger partial charge on any atom is 0.226 e. The molecule has 0 aromatic rings. The molecule has 0 aromatic heterocycles. The first-order valence-electron chi connectivity index (χ1n) is 5.62. The van der Waals surface area contributed by atoms with Crippen LogP contribution in [0.5, 0.6) is 0 Å². The molecule has 3 heteroatoms. The van der Waals surface area contributed by atoms with Gasteiger partial charge in [0, 0.05) is 20.1 Å². The fraction of sp³-hybridized carbons (Fsp3) is 0.909. The quantitative estimate of drug-likeness (QED) is 0.679. The first-order valence-corrected chi connectivity index (χ1v) is 5.62. The van der Waals surface area contributed by atoms with Gasteiger partial charge in [-0.1, -0.05) is 26.7 Å². The summed E-state index contributed by atoms with van der Waals surface area (Å²) >= 11 is 0. The summed E-state index contributed by atoms with van der Waals surface area (Å²) in [5, 5.41) is 0. The molecule has 1 unspecified atom stereocenters. The third kappa shape index (κ3) is 4.61. The zero-order valence-corrected chi connectivity index (χ0v) is 9.75. The molecule has 2 N–H and O–H groups in total. The van der Waals surface area contributed by atoms with Gasteiger partial charge in [0.1, 0.15) is 0 Å². The van der Waals surface area contributed by atoms with Gasteiger partial charge in [0.2, 0.25) is 5.91 Å². The zero-order chi connectivity index (χ0) is 11.0. The number of hydrogen-bond donors (Lipinski definition) is 1. The number of nitrogens with two attached hydrogens (primary N) is 1. The van der Waals surface area contributed by atoms with Crippen LogP contribution in [0.25, 0.3) is 0 Å². The highest BCUT2D eigenvalue weighted by Gasteiger charge is 2.18. The molecule has 1 amide bonds. The number of carbonyl (C=O) groups is 1. The molecular formula is C11H24N2O. The largest absolute Gasteiger partial charge is 0.345 e. The van der Waals surface area contributed by atoms with E-state index in [-0.39, 0.29) is 11.8 Å². The van der Waals surface area contributed by atoms with Crippen LogP contribution in [0.15, 0.2) is 0 Å². The fourth-order valence-electron chi connectivity index (χ4n) is 1.51. The highest BCUT2D eigenvalue weighted by atomic mass is 16.2. The maximum absolute atomic E-state index is 11.8. The molecule has 0 saturated heterocycles. The van der Waals surface area contributed by atoms with Crippen LogP contribution >= 0.6 is 0 Å². The molecule has 0 aliphatic carbocycles. The van der Waals surface area contributed by atoms with Crippen molar-refractivity contribution in [3.63, 3.8) is 0 Å². The molecule has 84 valence electrons. The summed E-state index contributed by atoms with van der Waals surface area (Å²) in [5.41, 5.74) is 5.58. The molecule has 0 rings (SSSR count). The van der Waals surface area contributed by atoms with Gasteiger partial charge in [0.15, 0.2) is 0 Å². The molecule has 0 fully saturated rings. The third-order valence-corrected chi connectivity index (χ3v) is 2.49. The summed E-state index contributed by atoms with van der Waals surface area (Å²) in [6.45, 7) is 5.55. The van der Waals surface area contributed by atoms with Gasteiger partial charge in [0.25, 0.3) is 0 Å². The van der Waals surface area contributed by atoms with Gasteiger partial charge < -0.3 is 10.6 Å². The molecule has 0 aromatic carbocycles. The average Bonchev–Trinajstić information content (AvgIpc) is 2.21. The van der Waals surface area contributed by atoms with Crippen molar-refractivity contribution in [1.29, 1.82) is 0 Å². The van der Waals surface area contributed by atoms with E-state index in [2.05, 4.69) is 13.8 Å². The Morgan fingerprint density at radius 2 is 2.00 bits per heavy atom. The summed E-state index contributed by atoms with van der Waals surface area (Å²) in [6, 6.07) is 0. The zero-order valence-electron chi connectivity index (χ0n) is 9.75. The molecule has 0 spiro atoms. The van der Waals surface area contributed by atoms with Gasteiger partial charge in [-0.3, -0.25) is 4.79 Å². The van der Waals surface area contributed by atoms with Gasteiger partial charge in [-0.15, -0.1) is 0 Å².